The van der Waals surface area contributed by atoms with Gasteiger partial charge in [0.05, 0.1) is 5.56 Å². The zero-order valence-electron chi connectivity index (χ0n) is 10.9. The number of aromatic nitrogens is 1. The highest BCUT2D eigenvalue weighted by Crippen LogP contribution is 2.36. The smallest absolute Gasteiger partial charge is 0.336 e. The van der Waals surface area contributed by atoms with Gasteiger partial charge in [0.15, 0.2) is 5.82 Å². The number of hydrogen-bond donors (Lipinski definition) is 1. The van der Waals surface area contributed by atoms with Gasteiger partial charge in [0.2, 0.25) is 0 Å². The summed E-state index contributed by atoms with van der Waals surface area (Å²) in [5.74, 6) is -2.68. The van der Waals surface area contributed by atoms with Gasteiger partial charge in [0.25, 0.3) is 0 Å². The van der Waals surface area contributed by atoms with E-state index in [1.165, 1.54) is 0 Å². The fraction of sp³-hybridized carbons (Fsp3) is 0.333. The Kier molecular flexibility index (Phi) is 2.92. The number of benzene rings is 1. The summed E-state index contributed by atoms with van der Waals surface area (Å²) >= 11 is 0. The van der Waals surface area contributed by atoms with Gasteiger partial charge in [-0.2, -0.15) is 0 Å². The van der Waals surface area contributed by atoms with Crippen LogP contribution in [0.2, 0.25) is 0 Å². The Morgan fingerprint density at radius 3 is 2.85 bits per heavy atom. The summed E-state index contributed by atoms with van der Waals surface area (Å²) in [6, 6.07) is 1.79. The summed E-state index contributed by atoms with van der Waals surface area (Å²) in [6.45, 7) is 1.95. The molecule has 0 spiro atoms. The Bertz CT molecular complexity index is 728. The number of nitrogens with zero attached hydrogens (tertiary/aromatic N) is 1. The van der Waals surface area contributed by atoms with Crippen LogP contribution in [0.25, 0.3) is 10.9 Å². The minimum Gasteiger partial charge on any atom is -0.478 e. The third-order valence-corrected chi connectivity index (χ3v) is 3.89. The second-order valence-corrected chi connectivity index (χ2v) is 5.23. The van der Waals surface area contributed by atoms with Crippen molar-refractivity contribution in [2.75, 3.05) is 0 Å². The number of carboxylic acids is 1. The number of carboxylic acid groups (broad SMARTS) is 1. The normalized spacial score (nSPS) is 18.1. The Morgan fingerprint density at radius 2 is 2.15 bits per heavy atom. The molecule has 1 unspecified atom stereocenters. The monoisotopic (exact) mass is 277 g/mol. The summed E-state index contributed by atoms with van der Waals surface area (Å²) in [5, 5.41) is 9.48. The highest BCUT2D eigenvalue weighted by atomic mass is 19.1. The predicted molar refractivity (Wildman–Crippen MR) is 70.0 cm³/mol. The van der Waals surface area contributed by atoms with Gasteiger partial charge in [-0.3, -0.25) is 0 Å². The Morgan fingerprint density at radius 1 is 1.40 bits per heavy atom. The van der Waals surface area contributed by atoms with Crippen molar-refractivity contribution >= 4 is 16.9 Å². The summed E-state index contributed by atoms with van der Waals surface area (Å²) in [6.07, 6.45) is 2.34. The van der Waals surface area contributed by atoms with Gasteiger partial charge in [-0.05, 0) is 36.8 Å². The first-order chi connectivity index (χ1) is 9.49. The van der Waals surface area contributed by atoms with E-state index in [1.54, 1.807) is 0 Å². The molecule has 1 heterocycles. The van der Waals surface area contributed by atoms with E-state index >= 15 is 0 Å². The maximum absolute atomic E-state index is 13.9. The van der Waals surface area contributed by atoms with Crippen LogP contribution in [0.15, 0.2) is 12.1 Å². The molecular formula is C15H13F2NO2. The molecule has 1 aromatic carbocycles. The molecule has 1 aliphatic rings. The van der Waals surface area contributed by atoms with Crippen molar-refractivity contribution in [3.63, 3.8) is 0 Å². The SMILES string of the molecule is CC1CCCc2c1nc1c(F)cc(F)cc1c2C(=O)O. The van der Waals surface area contributed by atoms with Crippen LogP contribution in [0.5, 0.6) is 0 Å². The molecule has 0 aliphatic heterocycles. The lowest BCUT2D eigenvalue weighted by atomic mass is 9.84. The zero-order valence-corrected chi connectivity index (χ0v) is 10.9. The Balaban J connectivity index is 2.47. The molecule has 104 valence electrons. The lowest BCUT2D eigenvalue weighted by Gasteiger charge is -2.24. The van der Waals surface area contributed by atoms with Crippen LogP contribution in [0.1, 0.15) is 47.3 Å². The number of halogens is 2. The third kappa shape index (κ3) is 1.85. The van der Waals surface area contributed by atoms with Crippen LogP contribution in [-0.2, 0) is 6.42 Å². The van der Waals surface area contributed by atoms with Gasteiger partial charge < -0.3 is 5.11 Å². The van der Waals surface area contributed by atoms with Gasteiger partial charge in [-0.1, -0.05) is 6.92 Å². The molecule has 1 N–H and O–H groups in total. The van der Waals surface area contributed by atoms with Gasteiger partial charge in [0, 0.05) is 17.1 Å². The first-order valence-corrected chi connectivity index (χ1v) is 6.54. The van der Waals surface area contributed by atoms with Gasteiger partial charge in [-0.15, -0.1) is 0 Å². The molecule has 2 aromatic rings. The quantitative estimate of drug-likeness (QED) is 0.865. The van der Waals surface area contributed by atoms with E-state index in [4.69, 9.17) is 0 Å². The largest absolute Gasteiger partial charge is 0.478 e. The van der Waals surface area contributed by atoms with Crippen molar-refractivity contribution in [1.29, 1.82) is 0 Å². The number of carbonyl (C=O) groups is 1. The van der Waals surface area contributed by atoms with Gasteiger partial charge >= 0.3 is 5.97 Å². The minimum absolute atomic E-state index is 0.00468. The van der Waals surface area contributed by atoms with Crippen molar-refractivity contribution in [3.05, 3.63) is 40.6 Å². The molecule has 0 saturated carbocycles. The zero-order chi connectivity index (χ0) is 14.4. The second kappa shape index (κ2) is 4.51. The highest BCUT2D eigenvalue weighted by molar-refractivity contribution is 6.04. The van der Waals surface area contributed by atoms with Crippen LogP contribution in [0, 0.1) is 11.6 Å². The molecule has 1 atom stereocenters. The van der Waals surface area contributed by atoms with E-state index in [9.17, 15) is 18.7 Å². The van der Waals surface area contributed by atoms with Crippen LogP contribution in [0.3, 0.4) is 0 Å². The molecule has 0 bridgehead atoms. The van der Waals surface area contributed by atoms with Crippen molar-refractivity contribution in [2.45, 2.75) is 32.1 Å². The van der Waals surface area contributed by atoms with Crippen molar-refractivity contribution in [1.82, 2.24) is 4.98 Å². The number of pyridine rings is 1. The van der Waals surface area contributed by atoms with E-state index in [0.717, 1.165) is 25.0 Å². The van der Waals surface area contributed by atoms with Crippen LogP contribution < -0.4 is 0 Å². The molecule has 1 aromatic heterocycles. The Labute approximate surface area is 114 Å². The average molecular weight is 277 g/mol. The maximum atomic E-state index is 13.9. The number of hydrogen-bond acceptors (Lipinski definition) is 2. The summed E-state index contributed by atoms with van der Waals surface area (Å²) < 4.78 is 27.3. The van der Waals surface area contributed by atoms with Gasteiger partial charge in [-0.25, -0.2) is 18.6 Å². The van der Waals surface area contributed by atoms with E-state index < -0.39 is 17.6 Å². The maximum Gasteiger partial charge on any atom is 0.336 e. The standard InChI is InChI=1S/C15H13F2NO2/c1-7-3-2-4-9-12(15(19)20)10-5-8(16)6-11(17)14(10)18-13(7)9/h5-7H,2-4H2,1H3,(H,19,20). The fourth-order valence-electron chi connectivity index (χ4n) is 2.98. The molecule has 0 fully saturated rings. The molecular weight excluding hydrogens is 264 g/mol. The van der Waals surface area contributed by atoms with Crippen LogP contribution in [-0.4, -0.2) is 16.1 Å². The third-order valence-electron chi connectivity index (χ3n) is 3.89. The van der Waals surface area contributed by atoms with E-state index in [1.807, 2.05) is 6.92 Å². The summed E-state index contributed by atoms with van der Waals surface area (Å²) in [4.78, 5) is 15.8. The lowest BCUT2D eigenvalue weighted by molar-refractivity contribution is 0.0697. The van der Waals surface area contributed by atoms with E-state index in [0.29, 0.717) is 17.7 Å². The van der Waals surface area contributed by atoms with Crippen molar-refractivity contribution in [2.24, 2.45) is 0 Å². The number of rotatable bonds is 1. The number of aromatic carboxylic acids is 1. The number of fused-ring (bicyclic) bond motifs is 2. The molecule has 0 saturated heterocycles. The molecule has 0 radical (unpaired) electrons. The van der Waals surface area contributed by atoms with Crippen molar-refractivity contribution in [3.8, 4) is 0 Å². The predicted octanol–water partition coefficient (Wildman–Crippen LogP) is 3.65. The summed E-state index contributed by atoms with van der Waals surface area (Å²) in [7, 11) is 0. The molecule has 1 aliphatic carbocycles. The van der Waals surface area contributed by atoms with Gasteiger partial charge in [0.1, 0.15) is 11.3 Å². The Hall–Kier alpha value is -2.04. The minimum atomic E-state index is -1.16. The second-order valence-electron chi connectivity index (χ2n) is 5.23. The van der Waals surface area contributed by atoms with E-state index in [2.05, 4.69) is 4.98 Å². The van der Waals surface area contributed by atoms with Crippen LogP contribution in [0.4, 0.5) is 8.78 Å². The first-order valence-electron chi connectivity index (χ1n) is 6.54. The molecule has 0 amide bonds. The topological polar surface area (TPSA) is 50.2 Å². The fourth-order valence-corrected chi connectivity index (χ4v) is 2.98. The highest BCUT2D eigenvalue weighted by Gasteiger charge is 2.27. The lowest BCUT2D eigenvalue weighted by Crippen LogP contribution is -2.16. The molecule has 20 heavy (non-hydrogen) atoms. The molecule has 3 nitrogen and oxygen atoms in total. The molecule has 3 rings (SSSR count). The summed E-state index contributed by atoms with van der Waals surface area (Å²) in [5.41, 5.74) is 1.19. The van der Waals surface area contributed by atoms with Crippen molar-refractivity contribution < 1.29 is 18.7 Å². The van der Waals surface area contributed by atoms with E-state index in [-0.39, 0.29) is 22.4 Å². The van der Waals surface area contributed by atoms with Crippen LogP contribution >= 0.6 is 0 Å². The average Bonchev–Trinajstić information content (AvgIpc) is 2.36. The molecule has 5 heteroatoms. The first kappa shape index (κ1) is 13.0.